The summed E-state index contributed by atoms with van der Waals surface area (Å²) in [6.45, 7) is 3.05. The van der Waals surface area contributed by atoms with Gasteiger partial charge < -0.3 is 9.47 Å². The number of ketones is 1. The molecule has 0 saturated carbocycles. The van der Waals surface area contributed by atoms with Crippen molar-refractivity contribution in [1.29, 1.82) is 0 Å². The Morgan fingerprint density at radius 3 is 2.57 bits per heavy atom. The van der Waals surface area contributed by atoms with Gasteiger partial charge in [0.05, 0.1) is 12.5 Å². The molecule has 0 aliphatic rings. The highest BCUT2D eigenvalue weighted by molar-refractivity contribution is 9.10. The van der Waals surface area contributed by atoms with Crippen LogP contribution in [-0.4, -0.2) is 30.9 Å². The van der Waals surface area contributed by atoms with Crippen LogP contribution in [0.4, 0.5) is 0 Å². The summed E-state index contributed by atoms with van der Waals surface area (Å²) < 4.78 is 10.2. The molecule has 1 aromatic carbocycles. The number of carbonyl (C=O) groups is 3. The minimum absolute atomic E-state index is 0.0259. The van der Waals surface area contributed by atoms with Crippen LogP contribution in [0.25, 0.3) is 0 Å². The number of halogens is 1. The van der Waals surface area contributed by atoms with E-state index in [0.717, 1.165) is 4.47 Å². The van der Waals surface area contributed by atoms with E-state index in [9.17, 15) is 14.4 Å². The molecule has 1 unspecified atom stereocenters. The first kappa shape index (κ1) is 17.4. The minimum Gasteiger partial charge on any atom is -0.463 e. The summed E-state index contributed by atoms with van der Waals surface area (Å²) in [5.74, 6) is -1.97. The first-order chi connectivity index (χ1) is 9.93. The topological polar surface area (TPSA) is 69.7 Å². The zero-order valence-corrected chi connectivity index (χ0v) is 13.5. The highest BCUT2D eigenvalue weighted by atomic mass is 79.9. The molecule has 21 heavy (non-hydrogen) atoms. The number of rotatable bonds is 7. The van der Waals surface area contributed by atoms with Gasteiger partial charge in [-0.1, -0.05) is 35.0 Å². The molecule has 0 aromatic heterocycles. The van der Waals surface area contributed by atoms with Gasteiger partial charge in [-0.25, -0.2) is 4.79 Å². The largest absolute Gasteiger partial charge is 0.463 e. The second-order valence-electron chi connectivity index (χ2n) is 4.45. The molecule has 114 valence electrons. The van der Waals surface area contributed by atoms with Gasteiger partial charge in [-0.05, 0) is 19.1 Å². The SMILES string of the molecule is CCOC(=O)COC(=O)C(C)CC(=O)c1cccc(Br)c1. The Labute approximate surface area is 131 Å². The number of hydrogen-bond donors (Lipinski definition) is 0. The van der Waals surface area contributed by atoms with E-state index in [1.165, 1.54) is 0 Å². The summed E-state index contributed by atoms with van der Waals surface area (Å²) in [6, 6.07) is 6.94. The zero-order chi connectivity index (χ0) is 15.8. The van der Waals surface area contributed by atoms with E-state index in [4.69, 9.17) is 4.74 Å². The van der Waals surface area contributed by atoms with E-state index in [0.29, 0.717) is 5.56 Å². The molecule has 0 saturated heterocycles. The van der Waals surface area contributed by atoms with Crippen LogP contribution in [-0.2, 0) is 19.1 Å². The van der Waals surface area contributed by atoms with Gasteiger partial charge in [-0.3, -0.25) is 9.59 Å². The van der Waals surface area contributed by atoms with E-state index < -0.39 is 24.5 Å². The van der Waals surface area contributed by atoms with Crippen LogP contribution >= 0.6 is 15.9 Å². The van der Waals surface area contributed by atoms with Crippen molar-refractivity contribution in [3.8, 4) is 0 Å². The molecular weight excluding hydrogens is 340 g/mol. The van der Waals surface area contributed by atoms with Crippen molar-refractivity contribution in [2.24, 2.45) is 5.92 Å². The minimum atomic E-state index is -0.620. The van der Waals surface area contributed by atoms with Gasteiger partial charge in [0, 0.05) is 16.5 Å². The number of esters is 2. The molecule has 1 atom stereocenters. The standard InChI is InChI=1S/C15H17BrO5/c1-3-20-14(18)9-21-15(19)10(2)7-13(17)11-5-4-6-12(16)8-11/h4-6,8,10H,3,7,9H2,1-2H3. The lowest BCUT2D eigenvalue weighted by Gasteiger charge is -2.10. The number of carbonyl (C=O) groups excluding carboxylic acids is 3. The Balaban J connectivity index is 2.48. The summed E-state index contributed by atoms with van der Waals surface area (Å²) in [5.41, 5.74) is 0.523. The van der Waals surface area contributed by atoms with Crippen molar-refractivity contribution in [3.05, 3.63) is 34.3 Å². The molecule has 0 spiro atoms. The summed E-state index contributed by atoms with van der Waals surface area (Å²) in [5, 5.41) is 0. The molecule has 0 amide bonds. The van der Waals surface area contributed by atoms with E-state index in [2.05, 4.69) is 20.7 Å². The molecule has 0 N–H and O–H groups in total. The van der Waals surface area contributed by atoms with Gasteiger partial charge in [0.1, 0.15) is 0 Å². The van der Waals surface area contributed by atoms with Gasteiger partial charge in [-0.2, -0.15) is 0 Å². The maximum atomic E-state index is 12.0. The lowest BCUT2D eigenvalue weighted by Crippen LogP contribution is -2.22. The van der Waals surface area contributed by atoms with Crippen molar-refractivity contribution >= 4 is 33.7 Å². The highest BCUT2D eigenvalue weighted by Gasteiger charge is 2.20. The van der Waals surface area contributed by atoms with Crippen LogP contribution in [0.5, 0.6) is 0 Å². The van der Waals surface area contributed by atoms with Crippen molar-refractivity contribution < 1.29 is 23.9 Å². The summed E-state index contributed by atoms with van der Waals surface area (Å²) in [7, 11) is 0. The Hall–Kier alpha value is -1.69. The normalized spacial score (nSPS) is 11.6. The molecule has 0 aliphatic heterocycles. The maximum absolute atomic E-state index is 12.0. The second kappa shape index (κ2) is 8.56. The Morgan fingerprint density at radius 1 is 1.24 bits per heavy atom. The maximum Gasteiger partial charge on any atom is 0.344 e. The van der Waals surface area contributed by atoms with Crippen LogP contribution in [0.15, 0.2) is 28.7 Å². The number of benzene rings is 1. The average Bonchev–Trinajstić information content (AvgIpc) is 2.44. The first-order valence-corrected chi connectivity index (χ1v) is 7.34. The van der Waals surface area contributed by atoms with Crippen molar-refractivity contribution in [2.75, 3.05) is 13.2 Å². The predicted octanol–water partition coefficient (Wildman–Crippen LogP) is 2.76. The van der Waals surface area contributed by atoms with E-state index >= 15 is 0 Å². The van der Waals surface area contributed by atoms with Gasteiger partial charge in [0.2, 0.25) is 0 Å². The second-order valence-corrected chi connectivity index (χ2v) is 5.37. The van der Waals surface area contributed by atoms with Gasteiger partial charge >= 0.3 is 11.9 Å². The lowest BCUT2D eigenvalue weighted by atomic mass is 10.00. The fraction of sp³-hybridized carbons (Fsp3) is 0.400. The third-order valence-electron chi connectivity index (χ3n) is 2.68. The Kier molecular flexibility index (Phi) is 7.08. The molecule has 6 heteroatoms. The summed E-state index contributed by atoms with van der Waals surface area (Å²) >= 11 is 3.29. The van der Waals surface area contributed by atoms with Crippen molar-refractivity contribution in [3.63, 3.8) is 0 Å². The molecule has 1 aromatic rings. The molecule has 0 fully saturated rings. The summed E-state index contributed by atoms with van der Waals surface area (Å²) in [4.78, 5) is 34.8. The number of Topliss-reactive ketones (excluding diaryl/α,β-unsaturated/α-hetero) is 1. The average molecular weight is 357 g/mol. The van der Waals surface area contributed by atoms with Crippen LogP contribution in [0.1, 0.15) is 30.6 Å². The first-order valence-electron chi connectivity index (χ1n) is 6.55. The monoisotopic (exact) mass is 356 g/mol. The van der Waals surface area contributed by atoms with Crippen LogP contribution in [0, 0.1) is 5.92 Å². The van der Waals surface area contributed by atoms with E-state index in [1.807, 2.05) is 6.07 Å². The third-order valence-corrected chi connectivity index (χ3v) is 3.17. The van der Waals surface area contributed by atoms with Crippen LogP contribution in [0.3, 0.4) is 0 Å². The molecule has 1 rings (SSSR count). The molecular formula is C15H17BrO5. The summed E-state index contributed by atoms with van der Waals surface area (Å²) in [6.07, 6.45) is 0.0259. The third kappa shape index (κ3) is 6.08. The quantitative estimate of drug-likeness (QED) is 0.554. The Bertz CT molecular complexity index is 527. The molecule has 0 heterocycles. The van der Waals surface area contributed by atoms with Crippen molar-refractivity contribution in [2.45, 2.75) is 20.3 Å². The van der Waals surface area contributed by atoms with Gasteiger partial charge in [0.25, 0.3) is 0 Å². The van der Waals surface area contributed by atoms with Crippen molar-refractivity contribution in [1.82, 2.24) is 0 Å². The lowest BCUT2D eigenvalue weighted by molar-refractivity contribution is -0.160. The number of hydrogen-bond acceptors (Lipinski definition) is 5. The smallest absolute Gasteiger partial charge is 0.344 e. The van der Waals surface area contributed by atoms with Crippen LogP contribution in [0.2, 0.25) is 0 Å². The number of ether oxygens (including phenoxy) is 2. The predicted molar refractivity (Wildman–Crippen MR) is 79.8 cm³/mol. The zero-order valence-electron chi connectivity index (χ0n) is 11.9. The molecule has 5 nitrogen and oxygen atoms in total. The fourth-order valence-corrected chi connectivity index (χ4v) is 2.02. The van der Waals surface area contributed by atoms with Gasteiger partial charge in [0.15, 0.2) is 12.4 Å². The Morgan fingerprint density at radius 2 is 1.95 bits per heavy atom. The molecule has 0 radical (unpaired) electrons. The fourth-order valence-electron chi connectivity index (χ4n) is 1.62. The van der Waals surface area contributed by atoms with Gasteiger partial charge in [-0.15, -0.1) is 0 Å². The van der Waals surface area contributed by atoms with E-state index in [1.54, 1.807) is 32.0 Å². The molecule has 0 aliphatic carbocycles. The highest BCUT2D eigenvalue weighted by Crippen LogP contribution is 2.16. The van der Waals surface area contributed by atoms with E-state index in [-0.39, 0.29) is 18.8 Å². The molecule has 0 bridgehead atoms. The van der Waals surface area contributed by atoms with Crippen LogP contribution < -0.4 is 0 Å².